The van der Waals surface area contributed by atoms with Gasteiger partial charge < -0.3 is 15.8 Å². The third-order valence-electron chi connectivity index (χ3n) is 5.25. The molecule has 31 heavy (non-hydrogen) atoms. The number of pyridine rings is 1. The highest BCUT2D eigenvalue weighted by atomic mass is 19.4. The van der Waals surface area contributed by atoms with Crippen molar-refractivity contribution in [3.05, 3.63) is 58.9 Å². The van der Waals surface area contributed by atoms with Gasteiger partial charge in [-0.2, -0.15) is 13.2 Å². The van der Waals surface area contributed by atoms with Crippen LogP contribution in [0, 0.1) is 18.6 Å². The maximum atomic E-state index is 14.7. The first kappa shape index (κ1) is 22.6. The molecule has 1 aromatic heterocycles. The predicted octanol–water partition coefficient (Wildman–Crippen LogP) is 3.60. The minimum atomic E-state index is -4.85. The van der Waals surface area contributed by atoms with Gasteiger partial charge in [0.25, 0.3) is 11.8 Å². The lowest BCUT2D eigenvalue weighted by Crippen LogP contribution is -2.43. The normalized spacial score (nSPS) is 23.6. The van der Waals surface area contributed by atoms with Gasteiger partial charge in [-0.3, -0.25) is 14.6 Å². The first-order valence-electron chi connectivity index (χ1n) is 9.10. The van der Waals surface area contributed by atoms with E-state index < -0.39 is 53.7 Å². The van der Waals surface area contributed by atoms with Gasteiger partial charge in [-0.05, 0) is 44.0 Å². The molecule has 0 aliphatic carbocycles. The third-order valence-corrected chi connectivity index (χ3v) is 5.25. The van der Waals surface area contributed by atoms with Crippen LogP contribution in [0.1, 0.15) is 40.9 Å². The molecule has 11 heteroatoms. The Morgan fingerprint density at radius 1 is 1.26 bits per heavy atom. The Balaban J connectivity index is 1.98. The predicted molar refractivity (Wildman–Crippen MR) is 99.2 cm³/mol. The van der Waals surface area contributed by atoms with E-state index in [0.29, 0.717) is 0 Å². The van der Waals surface area contributed by atoms with Crippen molar-refractivity contribution in [2.24, 2.45) is 5.73 Å². The molecule has 6 nitrogen and oxygen atoms in total. The highest BCUT2D eigenvalue weighted by molar-refractivity contribution is 5.97. The summed E-state index contributed by atoms with van der Waals surface area (Å²) < 4.78 is 74.3. The second kappa shape index (κ2) is 7.88. The van der Waals surface area contributed by atoms with Gasteiger partial charge >= 0.3 is 6.18 Å². The van der Waals surface area contributed by atoms with Crippen LogP contribution in [0.15, 0.2) is 30.5 Å². The number of carbonyl (C=O) groups is 2. The van der Waals surface area contributed by atoms with Crippen molar-refractivity contribution in [3.63, 3.8) is 0 Å². The van der Waals surface area contributed by atoms with E-state index in [0.717, 1.165) is 32.0 Å². The minimum absolute atomic E-state index is 0.0347. The van der Waals surface area contributed by atoms with E-state index in [9.17, 15) is 31.5 Å². The summed E-state index contributed by atoms with van der Waals surface area (Å²) >= 11 is 0. The largest absolute Gasteiger partial charge is 0.417 e. The van der Waals surface area contributed by atoms with Crippen LogP contribution < -0.4 is 11.1 Å². The monoisotopic (exact) mass is 443 g/mol. The number of nitrogens with one attached hydrogen (secondary N) is 1. The number of aromatic nitrogens is 1. The van der Waals surface area contributed by atoms with Gasteiger partial charge in [0.05, 0.1) is 0 Å². The number of carbonyl (C=O) groups excluding carboxylic acids is 2. The third kappa shape index (κ3) is 4.22. The van der Waals surface area contributed by atoms with Gasteiger partial charge in [-0.15, -0.1) is 0 Å². The first-order valence-corrected chi connectivity index (χ1v) is 9.10. The average Bonchev–Trinajstić information content (AvgIpc) is 3.05. The zero-order valence-corrected chi connectivity index (χ0v) is 16.4. The standard InChI is InChI=1S/C20H18F5N3O3/c1-9-13(21)4-3-11(15(9)22)12-8-19(2,20(23,24)25)31-16(12)18(30)28-10-5-6-27-14(7-10)17(26)29/h3-7,12,16H,8H2,1-2H3,(H2,26,29)(H,27,28,30)/t12-,16+,19+/m1/s1. The van der Waals surface area contributed by atoms with Crippen molar-refractivity contribution in [1.82, 2.24) is 4.98 Å². The Hall–Kier alpha value is -3.08. The van der Waals surface area contributed by atoms with E-state index in [-0.39, 0.29) is 22.5 Å². The van der Waals surface area contributed by atoms with E-state index in [1.54, 1.807) is 0 Å². The number of nitrogens with two attached hydrogens (primary N) is 1. The first-order chi connectivity index (χ1) is 14.3. The van der Waals surface area contributed by atoms with E-state index in [1.807, 2.05) is 0 Å². The molecule has 0 spiro atoms. The number of primary amides is 1. The summed E-state index contributed by atoms with van der Waals surface area (Å²) in [6.07, 6.45) is -6.16. The molecule has 1 aromatic carbocycles. The molecule has 2 aromatic rings. The number of halogens is 5. The number of benzene rings is 1. The lowest BCUT2D eigenvalue weighted by molar-refractivity contribution is -0.261. The zero-order valence-electron chi connectivity index (χ0n) is 16.4. The number of nitrogens with zero attached hydrogens (tertiary/aromatic N) is 1. The SMILES string of the molecule is Cc1c(F)ccc([C@H]2C[C@@](C)(C(F)(F)F)O[C@@H]2C(=O)Nc2ccnc(C(N)=O)c2)c1F. The maximum Gasteiger partial charge on any atom is 0.417 e. The Morgan fingerprint density at radius 2 is 1.94 bits per heavy atom. The second-order valence-electron chi connectivity index (χ2n) is 7.44. The van der Waals surface area contributed by atoms with Gasteiger partial charge in [-0.25, -0.2) is 8.78 Å². The molecular formula is C20H18F5N3O3. The molecule has 3 atom stereocenters. The van der Waals surface area contributed by atoms with Crippen molar-refractivity contribution < 1.29 is 36.3 Å². The summed E-state index contributed by atoms with van der Waals surface area (Å²) in [6, 6.07) is 4.36. The number of anilines is 1. The van der Waals surface area contributed by atoms with Crippen molar-refractivity contribution in [2.45, 2.75) is 44.1 Å². The van der Waals surface area contributed by atoms with Crippen LogP contribution in [0.2, 0.25) is 0 Å². The van der Waals surface area contributed by atoms with Crippen LogP contribution in [0.3, 0.4) is 0 Å². The molecule has 2 amide bonds. The molecule has 0 radical (unpaired) electrons. The summed E-state index contributed by atoms with van der Waals surface area (Å²) in [5, 5.41) is 2.34. The van der Waals surface area contributed by atoms with E-state index in [1.165, 1.54) is 12.3 Å². The van der Waals surface area contributed by atoms with E-state index >= 15 is 0 Å². The topological polar surface area (TPSA) is 94.3 Å². The molecule has 1 saturated heterocycles. The smallest absolute Gasteiger partial charge is 0.364 e. The summed E-state index contributed by atoms with van der Waals surface area (Å²) in [7, 11) is 0. The molecule has 3 N–H and O–H groups in total. The summed E-state index contributed by atoms with van der Waals surface area (Å²) in [5.41, 5.74) is 1.61. The van der Waals surface area contributed by atoms with Crippen LogP contribution in [0.25, 0.3) is 0 Å². The zero-order chi connectivity index (χ0) is 23.1. The Bertz CT molecular complexity index is 1040. The molecule has 0 unspecified atom stereocenters. The van der Waals surface area contributed by atoms with Gasteiger partial charge in [0, 0.05) is 23.4 Å². The van der Waals surface area contributed by atoms with Crippen molar-refractivity contribution in [3.8, 4) is 0 Å². The Morgan fingerprint density at radius 3 is 2.55 bits per heavy atom. The summed E-state index contributed by atoms with van der Waals surface area (Å²) in [4.78, 5) is 27.8. The molecule has 0 bridgehead atoms. The molecular weight excluding hydrogens is 425 g/mol. The van der Waals surface area contributed by atoms with Gasteiger partial charge in [0.15, 0.2) is 5.60 Å². The van der Waals surface area contributed by atoms with Crippen LogP contribution >= 0.6 is 0 Å². The number of alkyl halides is 3. The van der Waals surface area contributed by atoms with E-state index in [2.05, 4.69) is 10.3 Å². The fraction of sp³-hybridized carbons (Fsp3) is 0.350. The van der Waals surface area contributed by atoms with Gasteiger partial charge in [-0.1, -0.05) is 6.07 Å². The minimum Gasteiger partial charge on any atom is -0.364 e. The van der Waals surface area contributed by atoms with Crippen LogP contribution in [-0.2, 0) is 9.53 Å². The molecule has 0 saturated carbocycles. The van der Waals surface area contributed by atoms with Crippen LogP contribution in [0.5, 0.6) is 0 Å². The number of rotatable bonds is 4. The highest BCUT2D eigenvalue weighted by Crippen LogP contribution is 2.50. The Labute approximate surface area is 173 Å². The van der Waals surface area contributed by atoms with Gasteiger partial charge in [0.1, 0.15) is 23.4 Å². The maximum absolute atomic E-state index is 14.7. The number of hydrogen-bond donors (Lipinski definition) is 2. The molecule has 1 aliphatic rings. The second-order valence-corrected chi connectivity index (χ2v) is 7.44. The lowest BCUT2D eigenvalue weighted by atomic mass is 9.85. The fourth-order valence-corrected chi connectivity index (χ4v) is 3.45. The average molecular weight is 443 g/mol. The van der Waals surface area contributed by atoms with E-state index in [4.69, 9.17) is 10.5 Å². The molecule has 2 heterocycles. The molecule has 1 aliphatic heterocycles. The number of hydrogen-bond acceptors (Lipinski definition) is 4. The van der Waals surface area contributed by atoms with Crippen LogP contribution in [0.4, 0.5) is 27.6 Å². The lowest BCUT2D eigenvalue weighted by Gasteiger charge is -2.27. The van der Waals surface area contributed by atoms with Crippen LogP contribution in [-0.4, -0.2) is 34.7 Å². The molecule has 3 rings (SSSR count). The van der Waals surface area contributed by atoms with Crippen molar-refractivity contribution in [2.75, 3.05) is 5.32 Å². The van der Waals surface area contributed by atoms with Gasteiger partial charge in [0.2, 0.25) is 0 Å². The summed E-state index contributed by atoms with van der Waals surface area (Å²) in [5.74, 6) is -5.13. The van der Waals surface area contributed by atoms with Crippen molar-refractivity contribution in [1.29, 1.82) is 0 Å². The highest BCUT2D eigenvalue weighted by Gasteiger charge is 2.61. The number of ether oxygens (including phenoxy) is 1. The Kier molecular flexibility index (Phi) is 5.74. The fourth-order valence-electron chi connectivity index (χ4n) is 3.45. The molecule has 166 valence electrons. The quantitative estimate of drug-likeness (QED) is 0.706. The van der Waals surface area contributed by atoms with Crippen molar-refractivity contribution >= 4 is 17.5 Å². The molecule has 1 fully saturated rings. The number of amides is 2. The summed E-state index contributed by atoms with van der Waals surface area (Å²) in [6.45, 7) is 1.91.